The van der Waals surface area contributed by atoms with E-state index in [9.17, 15) is 9.90 Å². The molecule has 0 saturated carbocycles. The molecular formula is C25H30Cl2N2O5. The number of methoxy groups -OCH3 is 3. The molecule has 2 aromatic carbocycles. The summed E-state index contributed by atoms with van der Waals surface area (Å²) in [6.07, 6.45) is 0.471. The van der Waals surface area contributed by atoms with Crippen molar-refractivity contribution in [3.8, 4) is 17.2 Å². The molecule has 2 aliphatic rings. The predicted octanol–water partition coefficient (Wildman–Crippen LogP) is 3.45. The number of likely N-dealkylation sites (tertiary alicyclic amines) is 1. The van der Waals surface area contributed by atoms with Crippen molar-refractivity contribution in [3.05, 3.63) is 51.5 Å². The van der Waals surface area contributed by atoms with Gasteiger partial charge in [-0.15, -0.1) is 0 Å². The Morgan fingerprint density at radius 3 is 2.38 bits per heavy atom. The summed E-state index contributed by atoms with van der Waals surface area (Å²) < 4.78 is 16.4. The van der Waals surface area contributed by atoms with Gasteiger partial charge >= 0.3 is 0 Å². The molecule has 2 aromatic rings. The SMILES string of the molecule is COc1cc(CN2CCC(C(=O)C3NCCC3O)(c3ccc(Cl)c(Cl)c3)C2)cc(OC)c1OC. The number of rotatable bonds is 8. The zero-order valence-corrected chi connectivity index (χ0v) is 21.1. The molecule has 9 heteroatoms. The summed E-state index contributed by atoms with van der Waals surface area (Å²) >= 11 is 12.5. The van der Waals surface area contributed by atoms with E-state index >= 15 is 0 Å². The molecule has 2 saturated heterocycles. The first-order valence-electron chi connectivity index (χ1n) is 11.3. The molecule has 0 spiro atoms. The Hall–Kier alpha value is -2.03. The van der Waals surface area contributed by atoms with Gasteiger partial charge in [0.05, 0.1) is 48.9 Å². The molecule has 2 N–H and O–H groups in total. The summed E-state index contributed by atoms with van der Waals surface area (Å²) in [4.78, 5) is 16.1. The predicted molar refractivity (Wildman–Crippen MR) is 132 cm³/mol. The lowest BCUT2D eigenvalue weighted by Crippen LogP contribution is -2.51. The number of benzene rings is 2. The molecule has 0 aromatic heterocycles. The number of nitrogens with zero attached hydrogens (tertiary/aromatic N) is 1. The third kappa shape index (κ3) is 4.60. The van der Waals surface area contributed by atoms with Gasteiger partial charge in [0, 0.05) is 13.1 Å². The second-order valence-corrected chi connectivity index (χ2v) is 9.67. The van der Waals surface area contributed by atoms with Crippen molar-refractivity contribution in [3.63, 3.8) is 0 Å². The highest BCUT2D eigenvalue weighted by molar-refractivity contribution is 6.42. The Morgan fingerprint density at radius 1 is 1.12 bits per heavy atom. The summed E-state index contributed by atoms with van der Waals surface area (Å²) in [6.45, 7) is 2.40. The number of Topliss-reactive ketones (excluding diaryl/α,β-unsaturated/α-hetero) is 1. The molecule has 2 heterocycles. The van der Waals surface area contributed by atoms with Crippen molar-refractivity contribution < 1.29 is 24.1 Å². The van der Waals surface area contributed by atoms with Crippen molar-refractivity contribution in [1.29, 1.82) is 0 Å². The Morgan fingerprint density at radius 2 is 1.82 bits per heavy atom. The fourth-order valence-corrected chi connectivity index (χ4v) is 5.43. The lowest BCUT2D eigenvalue weighted by molar-refractivity contribution is -0.128. The number of aliphatic hydroxyl groups is 1. The van der Waals surface area contributed by atoms with E-state index in [2.05, 4.69) is 10.2 Å². The molecule has 3 unspecified atom stereocenters. The standard InChI is InChI=1S/C25H30Cl2N2O5/c1-32-20-10-15(11-21(33-2)23(20)34-3)13-29-9-7-25(14-29,16-4-5-17(26)18(27)12-16)24(31)22-19(30)6-8-28-22/h4-5,10-12,19,22,28,30H,6-9,13-14H2,1-3H3. The number of hydrogen-bond donors (Lipinski definition) is 2. The average molecular weight is 509 g/mol. The van der Waals surface area contributed by atoms with Crippen LogP contribution in [0, 0.1) is 0 Å². The van der Waals surface area contributed by atoms with Crippen LogP contribution in [-0.4, -0.2) is 68.9 Å². The zero-order valence-electron chi connectivity index (χ0n) is 19.6. The number of aliphatic hydroxyl groups excluding tert-OH is 1. The first kappa shape index (κ1) is 25.1. The molecule has 7 nitrogen and oxygen atoms in total. The Labute approximate surface area is 209 Å². The van der Waals surface area contributed by atoms with Gasteiger partial charge in [-0.2, -0.15) is 0 Å². The smallest absolute Gasteiger partial charge is 0.203 e. The molecule has 0 aliphatic carbocycles. The zero-order chi connectivity index (χ0) is 24.5. The lowest BCUT2D eigenvalue weighted by atomic mass is 9.73. The summed E-state index contributed by atoms with van der Waals surface area (Å²) in [5.74, 6) is 1.70. The molecule has 184 valence electrons. The second kappa shape index (κ2) is 10.3. The molecule has 4 rings (SSSR count). The first-order chi connectivity index (χ1) is 16.3. The minimum atomic E-state index is -0.808. The summed E-state index contributed by atoms with van der Waals surface area (Å²) in [7, 11) is 4.75. The second-order valence-electron chi connectivity index (χ2n) is 8.86. The maximum Gasteiger partial charge on any atom is 0.203 e. The maximum absolute atomic E-state index is 13.9. The normalized spacial score (nSPS) is 24.9. The van der Waals surface area contributed by atoms with Gasteiger partial charge < -0.3 is 24.6 Å². The number of nitrogens with one attached hydrogen (secondary N) is 1. The fraction of sp³-hybridized carbons (Fsp3) is 0.480. The molecular weight excluding hydrogens is 479 g/mol. The monoisotopic (exact) mass is 508 g/mol. The van der Waals surface area contributed by atoms with E-state index in [-0.39, 0.29) is 5.78 Å². The van der Waals surface area contributed by atoms with Crippen LogP contribution in [0.5, 0.6) is 17.2 Å². The maximum atomic E-state index is 13.9. The highest BCUT2D eigenvalue weighted by Gasteiger charge is 2.50. The van der Waals surface area contributed by atoms with Gasteiger partial charge in [-0.1, -0.05) is 29.3 Å². The summed E-state index contributed by atoms with van der Waals surface area (Å²) in [5, 5.41) is 14.5. The van der Waals surface area contributed by atoms with E-state index < -0.39 is 17.6 Å². The van der Waals surface area contributed by atoms with Crippen LogP contribution >= 0.6 is 23.2 Å². The van der Waals surface area contributed by atoms with Gasteiger partial charge in [0.2, 0.25) is 5.75 Å². The first-order valence-corrected chi connectivity index (χ1v) is 12.0. The molecule has 3 atom stereocenters. The van der Waals surface area contributed by atoms with Crippen molar-refractivity contribution in [2.24, 2.45) is 0 Å². The highest BCUT2D eigenvalue weighted by atomic mass is 35.5. The van der Waals surface area contributed by atoms with E-state index in [1.807, 2.05) is 18.2 Å². The van der Waals surface area contributed by atoms with Gasteiger partial charge in [0.15, 0.2) is 17.3 Å². The van der Waals surface area contributed by atoms with Crippen LogP contribution in [0.25, 0.3) is 0 Å². The molecule has 0 bridgehead atoms. The Kier molecular flexibility index (Phi) is 7.60. The third-order valence-corrected chi connectivity index (χ3v) is 7.63. The van der Waals surface area contributed by atoms with E-state index in [1.54, 1.807) is 33.5 Å². The fourth-order valence-electron chi connectivity index (χ4n) is 5.14. The third-order valence-electron chi connectivity index (χ3n) is 6.89. The quantitative estimate of drug-likeness (QED) is 0.565. The van der Waals surface area contributed by atoms with Crippen molar-refractivity contribution >= 4 is 29.0 Å². The van der Waals surface area contributed by atoms with Crippen LogP contribution < -0.4 is 19.5 Å². The Balaban J connectivity index is 1.66. The van der Waals surface area contributed by atoms with Crippen LogP contribution in [0.4, 0.5) is 0 Å². The number of ether oxygens (including phenoxy) is 3. The number of halogens is 2. The van der Waals surface area contributed by atoms with Crippen molar-refractivity contribution in [1.82, 2.24) is 10.2 Å². The lowest BCUT2D eigenvalue weighted by Gasteiger charge is -2.32. The minimum absolute atomic E-state index is 0.0109. The van der Waals surface area contributed by atoms with Gasteiger partial charge in [0.1, 0.15) is 0 Å². The Bertz CT molecular complexity index is 1040. The minimum Gasteiger partial charge on any atom is -0.493 e. The van der Waals surface area contributed by atoms with Gasteiger partial charge in [-0.05, 0) is 61.3 Å². The van der Waals surface area contributed by atoms with E-state index in [0.717, 1.165) is 11.1 Å². The average Bonchev–Trinajstić information content (AvgIpc) is 3.46. The van der Waals surface area contributed by atoms with E-state index in [0.29, 0.717) is 66.3 Å². The van der Waals surface area contributed by atoms with Crippen molar-refractivity contribution in [2.45, 2.75) is 36.9 Å². The van der Waals surface area contributed by atoms with Crippen molar-refractivity contribution in [2.75, 3.05) is 41.0 Å². The van der Waals surface area contributed by atoms with Gasteiger partial charge in [0.25, 0.3) is 0 Å². The number of ketones is 1. The number of carbonyl (C=O) groups excluding carboxylic acids is 1. The van der Waals surface area contributed by atoms with Crippen LogP contribution in [0.2, 0.25) is 10.0 Å². The topological polar surface area (TPSA) is 80.3 Å². The molecule has 0 radical (unpaired) electrons. The number of carbonyl (C=O) groups is 1. The van der Waals surface area contributed by atoms with Crippen LogP contribution in [0.3, 0.4) is 0 Å². The molecule has 2 aliphatic heterocycles. The van der Waals surface area contributed by atoms with E-state index in [1.165, 1.54) is 0 Å². The summed E-state index contributed by atoms with van der Waals surface area (Å²) in [6, 6.07) is 8.63. The molecule has 2 fully saturated rings. The highest BCUT2D eigenvalue weighted by Crippen LogP contribution is 2.42. The van der Waals surface area contributed by atoms with Crippen LogP contribution in [-0.2, 0) is 16.8 Å². The van der Waals surface area contributed by atoms with Gasteiger partial charge in [-0.25, -0.2) is 0 Å². The molecule has 0 amide bonds. The molecule has 34 heavy (non-hydrogen) atoms. The number of hydrogen-bond acceptors (Lipinski definition) is 7. The van der Waals surface area contributed by atoms with Gasteiger partial charge in [-0.3, -0.25) is 9.69 Å². The van der Waals surface area contributed by atoms with E-state index in [4.69, 9.17) is 37.4 Å². The van der Waals surface area contributed by atoms with Crippen LogP contribution in [0.15, 0.2) is 30.3 Å². The van der Waals surface area contributed by atoms with Crippen LogP contribution in [0.1, 0.15) is 24.0 Å². The summed E-state index contributed by atoms with van der Waals surface area (Å²) in [5.41, 5.74) is 0.990. The largest absolute Gasteiger partial charge is 0.493 e.